The molecule has 0 amide bonds. The van der Waals surface area contributed by atoms with Crippen LogP contribution in [0.1, 0.15) is 19.4 Å². The third kappa shape index (κ3) is 4.46. The van der Waals surface area contributed by atoms with Gasteiger partial charge in [-0.15, -0.1) is 0 Å². The largest absolute Gasteiger partial charge is 0.398 e. The monoisotopic (exact) mass is 320 g/mol. The maximum Gasteiger partial charge on any atom is 0.240 e. The highest BCUT2D eigenvalue weighted by Crippen LogP contribution is 2.18. The molecule has 0 bridgehead atoms. The van der Waals surface area contributed by atoms with Crippen LogP contribution in [0.3, 0.4) is 0 Å². The first kappa shape index (κ1) is 16.9. The Labute approximate surface area is 120 Å². The molecule has 1 aromatic rings. The fourth-order valence-electron chi connectivity index (χ4n) is 1.62. The number of hydrogen-bond donors (Lipinski definition) is 2. The Hall–Kier alpha value is -1.12. The first-order valence-electron chi connectivity index (χ1n) is 6.30. The lowest BCUT2D eigenvalue weighted by Crippen LogP contribution is -2.29. The number of nitrogens with two attached hydrogens (primary N) is 1. The molecule has 8 heteroatoms. The minimum Gasteiger partial charge on any atom is -0.398 e. The molecule has 3 N–H and O–H groups in total. The Bertz CT molecular complexity index is 667. The quantitative estimate of drug-likeness (QED) is 0.713. The van der Waals surface area contributed by atoms with Gasteiger partial charge < -0.3 is 5.73 Å². The van der Waals surface area contributed by atoms with Gasteiger partial charge in [-0.1, -0.05) is 19.9 Å². The van der Waals surface area contributed by atoms with Crippen LogP contribution in [-0.4, -0.2) is 34.9 Å². The molecule has 0 fully saturated rings. The van der Waals surface area contributed by atoms with E-state index in [0.717, 1.165) is 5.56 Å². The number of benzene rings is 1. The Balaban J connectivity index is 2.82. The zero-order valence-corrected chi connectivity index (χ0v) is 13.2. The predicted octanol–water partition coefficient (Wildman–Crippen LogP) is 0.544. The molecular formula is C12H20N2O4S2. The maximum atomic E-state index is 12.0. The number of sulfonamides is 1. The summed E-state index contributed by atoms with van der Waals surface area (Å²) in [6, 6.07) is 4.51. The average Bonchev–Trinajstić information content (AvgIpc) is 2.38. The van der Waals surface area contributed by atoms with Crippen LogP contribution >= 0.6 is 0 Å². The van der Waals surface area contributed by atoms with E-state index < -0.39 is 19.9 Å². The molecule has 0 radical (unpaired) electrons. The number of rotatable bonds is 7. The normalized spacial score (nSPS) is 12.5. The highest BCUT2D eigenvalue weighted by atomic mass is 32.2. The topological polar surface area (TPSA) is 106 Å². The summed E-state index contributed by atoms with van der Waals surface area (Å²) in [5, 5.41) is 0. The molecule has 0 saturated heterocycles. The standard InChI is InChI=1S/C12H20N2O4S2/c1-3-10-5-6-11(9-12(10)13)20(17,18)14-7-8-19(15,16)4-2/h5-6,9,14H,3-4,7-8,13H2,1-2H3. The molecule has 0 aliphatic heterocycles. The Morgan fingerprint density at radius 1 is 1.15 bits per heavy atom. The fraction of sp³-hybridized carbons (Fsp3) is 0.500. The van der Waals surface area contributed by atoms with Crippen molar-refractivity contribution in [3.8, 4) is 0 Å². The minimum absolute atomic E-state index is 0.00707. The zero-order chi connectivity index (χ0) is 15.4. The zero-order valence-electron chi connectivity index (χ0n) is 11.6. The molecule has 0 atom stereocenters. The lowest BCUT2D eigenvalue weighted by atomic mass is 10.1. The average molecular weight is 320 g/mol. The number of aryl methyl sites for hydroxylation is 1. The van der Waals surface area contributed by atoms with Crippen LogP contribution in [0.5, 0.6) is 0 Å². The summed E-state index contributed by atoms with van der Waals surface area (Å²) in [4.78, 5) is 0.0427. The van der Waals surface area contributed by atoms with Gasteiger partial charge in [0, 0.05) is 18.0 Å². The van der Waals surface area contributed by atoms with Crippen molar-refractivity contribution in [3.63, 3.8) is 0 Å². The van der Waals surface area contributed by atoms with E-state index in [1.165, 1.54) is 19.1 Å². The second kappa shape index (κ2) is 6.55. The first-order chi connectivity index (χ1) is 9.22. The van der Waals surface area contributed by atoms with E-state index in [2.05, 4.69) is 4.72 Å². The molecule has 0 heterocycles. The van der Waals surface area contributed by atoms with Gasteiger partial charge in [-0.3, -0.25) is 0 Å². The van der Waals surface area contributed by atoms with Gasteiger partial charge in [0.2, 0.25) is 10.0 Å². The summed E-state index contributed by atoms with van der Waals surface area (Å²) >= 11 is 0. The van der Waals surface area contributed by atoms with Crippen molar-refractivity contribution in [1.29, 1.82) is 0 Å². The van der Waals surface area contributed by atoms with Crippen LogP contribution in [0, 0.1) is 0 Å². The van der Waals surface area contributed by atoms with Gasteiger partial charge in [-0.25, -0.2) is 21.6 Å². The van der Waals surface area contributed by atoms with Gasteiger partial charge >= 0.3 is 0 Å². The third-order valence-electron chi connectivity index (χ3n) is 2.95. The van der Waals surface area contributed by atoms with Crippen LogP contribution < -0.4 is 10.5 Å². The van der Waals surface area contributed by atoms with Crippen molar-refractivity contribution < 1.29 is 16.8 Å². The van der Waals surface area contributed by atoms with E-state index in [4.69, 9.17) is 5.73 Å². The van der Waals surface area contributed by atoms with Crippen molar-refractivity contribution in [3.05, 3.63) is 23.8 Å². The van der Waals surface area contributed by atoms with Gasteiger partial charge in [-0.2, -0.15) is 0 Å². The van der Waals surface area contributed by atoms with Crippen molar-refractivity contribution in [2.45, 2.75) is 25.2 Å². The fourth-order valence-corrected chi connectivity index (χ4v) is 3.52. The van der Waals surface area contributed by atoms with E-state index >= 15 is 0 Å². The van der Waals surface area contributed by atoms with E-state index in [1.807, 2.05) is 6.92 Å². The lowest BCUT2D eigenvalue weighted by molar-refractivity contribution is 0.581. The summed E-state index contributed by atoms with van der Waals surface area (Å²) in [6.45, 7) is 3.30. The van der Waals surface area contributed by atoms with E-state index in [1.54, 1.807) is 6.07 Å². The van der Waals surface area contributed by atoms with Crippen molar-refractivity contribution >= 4 is 25.5 Å². The first-order valence-corrected chi connectivity index (χ1v) is 9.60. The smallest absolute Gasteiger partial charge is 0.240 e. The van der Waals surface area contributed by atoms with Crippen LogP contribution in [0.25, 0.3) is 0 Å². The molecule has 6 nitrogen and oxygen atoms in total. The van der Waals surface area contributed by atoms with Crippen LogP contribution in [0.2, 0.25) is 0 Å². The summed E-state index contributed by atoms with van der Waals surface area (Å²) in [6.07, 6.45) is 0.717. The third-order valence-corrected chi connectivity index (χ3v) is 6.12. The molecule has 0 aromatic heterocycles. The van der Waals surface area contributed by atoms with Gasteiger partial charge in [0.05, 0.1) is 10.6 Å². The van der Waals surface area contributed by atoms with Gasteiger partial charge in [0.1, 0.15) is 0 Å². The molecular weight excluding hydrogens is 300 g/mol. The highest BCUT2D eigenvalue weighted by Gasteiger charge is 2.16. The summed E-state index contributed by atoms with van der Waals surface area (Å²) in [5.74, 6) is -0.224. The van der Waals surface area contributed by atoms with Gasteiger partial charge in [0.15, 0.2) is 9.84 Å². The summed E-state index contributed by atoms with van der Waals surface area (Å²) in [5.41, 5.74) is 7.05. The molecule has 114 valence electrons. The molecule has 1 aromatic carbocycles. The van der Waals surface area contributed by atoms with Gasteiger partial charge in [-0.05, 0) is 24.1 Å². The highest BCUT2D eigenvalue weighted by molar-refractivity contribution is 7.91. The lowest BCUT2D eigenvalue weighted by Gasteiger charge is -2.09. The molecule has 0 aliphatic carbocycles. The molecule has 0 spiro atoms. The summed E-state index contributed by atoms with van der Waals surface area (Å²) in [7, 11) is -6.93. The van der Waals surface area contributed by atoms with Gasteiger partial charge in [0.25, 0.3) is 0 Å². The SMILES string of the molecule is CCc1ccc(S(=O)(=O)NCCS(=O)(=O)CC)cc1N. The summed E-state index contributed by atoms with van der Waals surface area (Å²) < 4.78 is 48.9. The van der Waals surface area contributed by atoms with E-state index in [0.29, 0.717) is 12.1 Å². The van der Waals surface area contributed by atoms with Crippen LogP contribution in [0.4, 0.5) is 5.69 Å². The van der Waals surface area contributed by atoms with E-state index in [-0.39, 0.29) is 22.9 Å². The molecule has 0 unspecified atom stereocenters. The van der Waals surface area contributed by atoms with Crippen molar-refractivity contribution in [2.75, 3.05) is 23.8 Å². The van der Waals surface area contributed by atoms with E-state index in [9.17, 15) is 16.8 Å². The molecule has 0 saturated carbocycles. The predicted molar refractivity (Wildman–Crippen MR) is 79.7 cm³/mol. The van der Waals surface area contributed by atoms with Crippen molar-refractivity contribution in [2.24, 2.45) is 0 Å². The van der Waals surface area contributed by atoms with Crippen LogP contribution in [-0.2, 0) is 26.3 Å². The Kier molecular flexibility index (Phi) is 5.55. The number of anilines is 1. The Morgan fingerprint density at radius 2 is 1.80 bits per heavy atom. The number of nitrogens with one attached hydrogen (secondary N) is 1. The molecule has 0 aliphatic rings. The number of sulfone groups is 1. The van der Waals surface area contributed by atoms with Crippen molar-refractivity contribution in [1.82, 2.24) is 4.72 Å². The number of hydrogen-bond acceptors (Lipinski definition) is 5. The second-order valence-electron chi connectivity index (χ2n) is 4.35. The second-order valence-corrected chi connectivity index (χ2v) is 8.59. The number of nitrogen functional groups attached to an aromatic ring is 1. The Morgan fingerprint density at radius 3 is 2.30 bits per heavy atom. The molecule has 1 rings (SSSR count). The maximum absolute atomic E-state index is 12.0. The molecule has 20 heavy (non-hydrogen) atoms. The minimum atomic E-state index is -3.73. The van der Waals surface area contributed by atoms with Crippen LogP contribution in [0.15, 0.2) is 23.1 Å².